The van der Waals surface area contributed by atoms with E-state index in [0.29, 0.717) is 24.2 Å². The highest BCUT2D eigenvalue weighted by molar-refractivity contribution is 5.06. The topological polar surface area (TPSA) is 82.8 Å². The zero-order valence-electron chi connectivity index (χ0n) is 11.0. The monoisotopic (exact) mass is 249 g/mol. The van der Waals surface area contributed by atoms with Gasteiger partial charge in [0.1, 0.15) is 0 Å². The third-order valence-electron chi connectivity index (χ3n) is 2.73. The van der Waals surface area contributed by atoms with E-state index >= 15 is 0 Å². The molecule has 0 aliphatic rings. The van der Waals surface area contributed by atoms with Crippen molar-refractivity contribution in [3.05, 3.63) is 29.9 Å². The molecule has 0 spiro atoms. The molecule has 0 fully saturated rings. The third-order valence-corrected chi connectivity index (χ3v) is 2.73. The number of nitrogens with two attached hydrogens (primary N) is 1. The van der Waals surface area contributed by atoms with Gasteiger partial charge >= 0.3 is 0 Å². The highest BCUT2D eigenvalue weighted by atomic mass is 16.5. The summed E-state index contributed by atoms with van der Waals surface area (Å²) in [7, 11) is 0. The first-order chi connectivity index (χ1) is 8.56. The van der Waals surface area contributed by atoms with Crippen LogP contribution in [0.2, 0.25) is 0 Å². The summed E-state index contributed by atoms with van der Waals surface area (Å²) in [5.74, 6) is 1.76. The molecule has 2 N–H and O–H groups in total. The number of hydrogen-bond donors (Lipinski definition) is 1. The lowest BCUT2D eigenvalue weighted by Gasteiger charge is -2.15. The SMILES string of the molecule is Cc1nc(Cn2cncc2C(N)CC(C)C)no1. The summed E-state index contributed by atoms with van der Waals surface area (Å²) >= 11 is 0. The molecule has 1 atom stereocenters. The van der Waals surface area contributed by atoms with Crippen molar-refractivity contribution in [2.24, 2.45) is 11.7 Å². The smallest absolute Gasteiger partial charge is 0.223 e. The van der Waals surface area contributed by atoms with Gasteiger partial charge in [-0.2, -0.15) is 4.98 Å². The number of aryl methyl sites for hydroxylation is 1. The van der Waals surface area contributed by atoms with Crippen molar-refractivity contribution in [3.8, 4) is 0 Å². The van der Waals surface area contributed by atoms with Crippen molar-refractivity contribution in [1.82, 2.24) is 19.7 Å². The first-order valence-electron chi connectivity index (χ1n) is 6.11. The molecule has 0 saturated heterocycles. The first kappa shape index (κ1) is 12.8. The molecule has 2 rings (SSSR count). The largest absolute Gasteiger partial charge is 0.340 e. The van der Waals surface area contributed by atoms with Crippen LogP contribution in [-0.2, 0) is 6.54 Å². The lowest BCUT2D eigenvalue weighted by atomic mass is 10.0. The Labute approximate surface area is 106 Å². The molecule has 0 aliphatic heterocycles. The van der Waals surface area contributed by atoms with E-state index in [9.17, 15) is 0 Å². The minimum Gasteiger partial charge on any atom is -0.340 e. The van der Waals surface area contributed by atoms with Crippen molar-refractivity contribution in [1.29, 1.82) is 0 Å². The van der Waals surface area contributed by atoms with Crippen LogP contribution in [0.15, 0.2) is 17.0 Å². The van der Waals surface area contributed by atoms with E-state index in [1.54, 1.807) is 19.4 Å². The number of aromatic nitrogens is 4. The molecule has 98 valence electrons. The molecule has 0 amide bonds. The van der Waals surface area contributed by atoms with E-state index in [1.807, 2.05) is 4.57 Å². The van der Waals surface area contributed by atoms with E-state index in [4.69, 9.17) is 10.3 Å². The fraction of sp³-hybridized carbons (Fsp3) is 0.583. The van der Waals surface area contributed by atoms with E-state index in [-0.39, 0.29) is 6.04 Å². The Bertz CT molecular complexity index is 502. The van der Waals surface area contributed by atoms with E-state index in [2.05, 4.69) is 29.0 Å². The van der Waals surface area contributed by atoms with Gasteiger partial charge in [-0.3, -0.25) is 0 Å². The van der Waals surface area contributed by atoms with Crippen molar-refractivity contribution in [2.45, 2.75) is 39.8 Å². The zero-order chi connectivity index (χ0) is 13.1. The summed E-state index contributed by atoms with van der Waals surface area (Å²) in [4.78, 5) is 8.33. The Hall–Kier alpha value is -1.69. The molecule has 2 heterocycles. The predicted molar refractivity (Wildman–Crippen MR) is 66.7 cm³/mol. The van der Waals surface area contributed by atoms with E-state index in [0.717, 1.165) is 12.1 Å². The Morgan fingerprint density at radius 1 is 1.44 bits per heavy atom. The van der Waals surface area contributed by atoms with Gasteiger partial charge in [0.2, 0.25) is 5.89 Å². The lowest BCUT2D eigenvalue weighted by Crippen LogP contribution is -2.17. The summed E-state index contributed by atoms with van der Waals surface area (Å²) in [5, 5.41) is 3.88. The van der Waals surface area contributed by atoms with Crippen LogP contribution in [0, 0.1) is 12.8 Å². The Balaban J connectivity index is 2.12. The predicted octanol–water partition coefficient (Wildman–Crippen LogP) is 1.67. The molecule has 0 aromatic carbocycles. The molecule has 2 aromatic heterocycles. The molecule has 6 nitrogen and oxygen atoms in total. The van der Waals surface area contributed by atoms with Crippen LogP contribution in [0.5, 0.6) is 0 Å². The number of rotatable bonds is 5. The van der Waals surface area contributed by atoms with Crippen molar-refractivity contribution in [3.63, 3.8) is 0 Å². The lowest BCUT2D eigenvalue weighted by molar-refractivity contribution is 0.385. The van der Waals surface area contributed by atoms with Gasteiger partial charge < -0.3 is 14.8 Å². The van der Waals surface area contributed by atoms with Gasteiger partial charge in [-0.1, -0.05) is 19.0 Å². The van der Waals surface area contributed by atoms with Gasteiger partial charge in [0.25, 0.3) is 0 Å². The van der Waals surface area contributed by atoms with Crippen LogP contribution in [-0.4, -0.2) is 19.7 Å². The molecule has 1 unspecified atom stereocenters. The fourth-order valence-corrected chi connectivity index (χ4v) is 1.96. The minimum atomic E-state index is -0.0134. The third kappa shape index (κ3) is 2.95. The number of imidazole rings is 1. The molecule has 0 bridgehead atoms. The van der Waals surface area contributed by atoms with Crippen molar-refractivity contribution < 1.29 is 4.52 Å². The van der Waals surface area contributed by atoms with Crippen LogP contribution in [0.25, 0.3) is 0 Å². The van der Waals surface area contributed by atoms with Crippen molar-refractivity contribution in [2.75, 3.05) is 0 Å². The van der Waals surface area contributed by atoms with Crippen LogP contribution in [0.1, 0.15) is 43.7 Å². The highest BCUT2D eigenvalue weighted by Gasteiger charge is 2.14. The molecule has 2 aromatic rings. The van der Waals surface area contributed by atoms with Crippen LogP contribution in [0.3, 0.4) is 0 Å². The summed E-state index contributed by atoms with van der Waals surface area (Å²) in [6.07, 6.45) is 4.48. The van der Waals surface area contributed by atoms with E-state index < -0.39 is 0 Å². The zero-order valence-corrected chi connectivity index (χ0v) is 11.0. The second kappa shape index (κ2) is 5.30. The van der Waals surface area contributed by atoms with Gasteiger partial charge in [0.05, 0.1) is 18.6 Å². The van der Waals surface area contributed by atoms with Crippen LogP contribution in [0.4, 0.5) is 0 Å². The quantitative estimate of drug-likeness (QED) is 0.871. The molecule has 0 radical (unpaired) electrons. The molecule has 18 heavy (non-hydrogen) atoms. The standard InChI is InChI=1S/C12H19N5O/c1-8(2)4-10(13)11-5-14-7-17(11)6-12-15-9(3)18-16-12/h5,7-8,10H,4,6,13H2,1-3H3. The van der Waals surface area contributed by atoms with Gasteiger partial charge in [0, 0.05) is 19.2 Å². The minimum absolute atomic E-state index is 0.0134. The van der Waals surface area contributed by atoms with Crippen LogP contribution < -0.4 is 5.73 Å². The summed E-state index contributed by atoms with van der Waals surface area (Å²) in [6, 6.07) is -0.0134. The van der Waals surface area contributed by atoms with Gasteiger partial charge in [-0.25, -0.2) is 4.98 Å². The molecular formula is C12H19N5O. The van der Waals surface area contributed by atoms with Gasteiger partial charge in [-0.05, 0) is 12.3 Å². The number of nitrogens with zero attached hydrogens (tertiary/aromatic N) is 4. The van der Waals surface area contributed by atoms with Gasteiger partial charge in [0.15, 0.2) is 5.82 Å². The maximum atomic E-state index is 6.17. The normalized spacial score (nSPS) is 13.2. The van der Waals surface area contributed by atoms with Crippen molar-refractivity contribution >= 4 is 0 Å². The molecule has 0 aliphatic carbocycles. The first-order valence-corrected chi connectivity index (χ1v) is 6.11. The number of hydrogen-bond acceptors (Lipinski definition) is 5. The Kier molecular flexibility index (Phi) is 3.76. The summed E-state index contributed by atoms with van der Waals surface area (Å²) in [6.45, 7) is 6.63. The summed E-state index contributed by atoms with van der Waals surface area (Å²) in [5.41, 5.74) is 7.18. The summed E-state index contributed by atoms with van der Waals surface area (Å²) < 4.78 is 6.92. The second-order valence-electron chi connectivity index (χ2n) is 4.91. The average molecular weight is 249 g/mol. The molecular weight excluding hydrogens is 230 g/mol. The Morgan fingerprint density at radius 3 is 2.83 bits per heavy atom. The highest BCUT2D eigenvalue weighted by Crippen LogP contribution is 2.18. The maximum absolute atomic E-state index is 6.17. The second-order valence-corrected chi connectivity index (χ2v) is 4.91. The van der Waals surface area contributed by atoms with Crippen LogP contribution >= 0.6 is 0 Å². The van der Waals surface area contributed by atoms with E-state index in [1.165, 1.54) is 0 Å². The fourth-order valence-electron chi connectivity index (χ4n) is 1.96. The molecule has 0 saturated carbocycles. The average Bonchev–Trinajstić information content (AvgIpc) is 2.87. The Morgan fingerprint density at radius 2 is 2.22 bits per heavy atom. The molecule has 6 heteroatoms. The van der Waals surface area contributed by atoms with Gasteiger partial charge in [-0.15, -0.1) is 0 Å². The maximum Gasteiger partial charge on any atom is 0.223 e.